The Morgan fingerprint density at radius 2 is 1.69 bits per heavy atom. The maximum atomic E-state index is 12.7. The summed E-state index contributed by atoms with van der Waals surface area (Å²) in [4.78, 5) is 16.8. The summed E-state index contributed by atoms with van der Waals surface area (Å²) in [5.41, 5.74) is 1.62. The van der Waals surface area contributed by atoms with Crippen LogP contribution in [0.4, 0.5) is 0 Å². The van der Waals surface area contributed by atoms with Crippen molar-refractivity contribution < 1.29 is 17.9 Å². The van der Waals surface area contributed by atoms with Crippen molar-refractivity contribution >= 4 is 15.9 Å². The highest BCUT2D eigenvalue weighted by Gasteiger charge is 2.27. The predicted octanol–water partition coefficient (Wildman–Crippen LogP) is 1.57. The molecule has 1 aliphatic rings. The third-order valence-electron chi connectivity index (χ3n) is 5.65. The Kier molecular flexibility index (Phi) is 7.85. The van der Waals surface area contributed by atoms with Crippen LogP contribution in [0.1, 0.15) is 11.1 Å². The van der Waals surface area contributed by atoms with Crippen molar-refractivity contribution in [3.8, 4) is 11.8 Å². The molecule has 1 aliphatic heterocycles. The number of rotatable bonds is 8. The van der Waals surface area contributed by atoms with Gasteiger partial charge in [-0.2, -0.15) is 9.57 Å². The van der Waals surface area contributed by atoms with Crippen LogP contribution in [0.15, 0.2) is 53.4 Å². The molecule has 1 saturated heterocycles. The molecule has 3 rings (SSSR count). The van der Waals surface area contributed by atoms with Crippen LogP contribution < -0.4 is 4.74 Å². The summed E-state index contributed by atoms with van der Waals surface area (Å²) in [6, 6.07) is 15.7. The van der Waals surface area contributed by atoms with Crippen molar-refractivity contribution in [2.75, 3.05) is 53.4 Å². The Labute approximate surface area is 189 Å². The first kappa shape index (κ1) is 23.7. The van der Waals surface area contributed by atoms with E-state index in [1.54, 1.807) is 12.0 Å². The molecule has 1 heterocycles. The van der Waals surface area contributed by atoms with E-state index in [0.29, 0.717) is 18.7 Å². The molecule has 0 saturated carbocycles. The molecule has 0 N–H and O–H groups in total. The second-order valence-electron chi connectivity index (χ2n) is 7.72. The first-order valence-electron chi connectivity index (χ1n) is 10.4. The molecule has 2 aromatic carbocycles. The number of hydrogen-bond acceptors (Lipinski definition) is 6. The van der Waals surface area contributed by atoms with E-state index in [0.717, 1.165) is 36.1 Å². The van der Waals surface area contributed by atoms with Crippen LogP contribution in [0, 0.1) is 11.3 Å². The topological polar surface area (TPSA) is 93.9 Å². The zero-order chi connectivity index (χ0) is 23.1. The lowest BCUT2D eigenvalue weighted by Gasteiger charge is -2.35. The number of carbonyl (C=O) groups is 1. The van der Waals surface area contributed by atoms with Gasteiger partial charge in [-0.3, -0.25) is 9.69 Å². The normalized spacial score (nSPS) is 14.9. The first-order valence-corrected chi connectivity index (χ1v) is 11.9. The van der Waals surface area contributed by atoms with Gasteiger partial charge < -0.3 is 9.64 Å². The number of ether oxygens (including phenoxy) is 1. The summed E-state index contributed by atoms with van der Waals surface area (Å²) >= 11 is 0. The van der Waals surface area contributed by atoms with E-state index in [1.165, 1.54) is 36.9 Å². The molecule has 0 spiro atoms. The fraction of sp³-hybridized carbons (Fsp3) is 0.391. The lowest BCUT2D eigenvalue weighted by atomic mass is 10.1. The number of amides is 1. The van der Waals surface area contributed by atoms with Gasteiger partial charge in [0.25, 0.3) is 0 Å². The van der Waals surface area contributed by atoms with Crippen LogP contribution >= 0.6 is 0 Å². The predicted molar refractivity (Wildman–Crippen MR) is 121 cm³/mol. The molecular formula is C23H28N4O4S. The molecule has 0 bridgehead atoms. The fourth-order valence-electron chi connectivity index (χ4n) is 3.56. The van der Waals surface area contributed by atoms with Crippen LogP contribution in [0.3, 0.4) is 0 Å². The molecule has 0 aliphatic carbocycles. The average Bonchev–Trinajstić information content (AvgIpc) is 2.83. The molecule has 2 aromatic rings. The van der Waals surface area contributed by atoms with Gasteiger partial charge >= 0.3 is 0 Å². The third kappa shape index (κ3) is 5.85. The van der Waals surface area contributed by atoms with Crippen LogP contribution in [0.5, 0.6) is 5.75 Å². The number of sulfonamides is 1. The summed E-state index contributed by atoms with van der Waals surface area (Å²) in [6.07, 6.45) is 0.920. The highest BCUT2D eigenvalue weighted by molar-refractivity contribution is 7.89. The van der Waals surface area contributed by atoms with Gasteiger partial charge in [-0.1, -0.05) is 12.1 Å². The summed E-state index contributed by atoms with van der Waals surface area (Å²) in [5, 5.41) is 8.87. The second-order valence-corrected chi connectivity index (χ2v) is 9.76. The number of nitrogens with zero attached hydrogens (tertiary/aromatic N) is 4. The number of benzene rings is 2. The van der Waals surface area contributed by atoms with E-state index >= 15 is 0 Å². The van der Waals surface area contributed by atoms with Gasteiger partial charge in [-0.15, -0.1) is 0 Å². The van der Waals surface area contributed by atoms with Crippen LogP contribution in [0.2, 0.25) is 0 Å². The van der Waals surface area contributed by atoms with Gasteiger partial charge in [-0.25, -0.2) is 8.42 Å². The Morgan fingerprint density at radius 1 is 1.06 bits per heavy atom. The van der Waals surface area contributed by atoms with Gasteiger partial charge in [-0.05, 0) is 48.4 Å². The van der Waals surface area contributed by atoms with Gasteiger partial charge in [0.2, 0.25) is 15.9 Å². The van der Waals surface area contributed by atoms with E-state index in [1.807, 2.05) is 18.2 Å². The second kappa shape index (κ2) is 10.6. The van der Waals surface area contributed by atoms with Gasteiger partial charge in [0, 0.05) is 39.8 Å². The zero-order valence-electron chi connectivity index (χ0n) is 18.4. The standard InChI is InChI=1S/C23H28N4O4S/c1-25(32(29,30)22-9-5-20(17-24)6-10-22)18-23(28)27-15-13-26(14-16-27)12-11-19-3-7-21(31-2)8-4-19/h3-10H,11-16,18H2,1-2H3. The van der Waals surface area contributed by atoms with E-state index in [9.17, 15) is 13.2 Å². The number of carbonyl (C=O) groups excluding carboxylic acids is 1. The fourth-order valence-corrected chi connectivity index (χ4v) is 4.68. The zero-order valence-corrected chi connectivity index (χ0v) is 19.2. The van der Waals surface area contributed by atoms with Gasteiger partial charge in [0.05, 0.1) is 30.2 Å². The first-order chi connectivity index (χ1) is 15.3. The Morgan fingerprint density at radius 3 is 2.25 bits per heavy atom. The number of piperazine rings is 1. The van der Waals surface area contributed by atoms with Crippen LogP contribution in [0.25, 0.3) is 0 Å². The van der Waals surface area contributed by atoms with E-state index < -0.39 is 10.0 Å². The molecule has 0 aromatic heterocycles. The number of hydrogen-bond donors (Lipinski definition) is 0. The smallest absolute Gasteiger partial charge is 0.243 e. The van der Waals surface area contributed by atoms with E-state index in [4.69, 9.17) is 10.00 Å². The number of methoxy groups -OCH3 is 1. The van der Waals surface area contributed by atoms with Crippen molar-refractivity contribution in [2.45, 2.75) is 11.3 Å². The van der Waals surface area contributed by atoms with Crippen molar-refractivity contribution in [1.29, 1.82) is 5.26 Å². The van der Waals surface area contributed by atoms with Crippen molar-refractivity contribution in [3.63, 3.8) is 0 Å². The molecule has 1 amide bonds. The summed E-state index contributed by atoms with van der Waals surface area (Å²) in [5.74, 6) is 0.631. The van der Waals surface area contributed by atoms with E-state index in [-0.39, 0.29) is 17.3 Å². The molecule has 32 heavy (non-hydrogen) atoms. The number of nitriles is 1. The minimum absolute atomic E-state index is 0.0650. The quantitative estimate of drug-likeness (QED) is 0.599. The maximum Gasteiger partial charge on any atom is 0.243 e. The van der Waals surface area contributed by atoms with Crippen molar-refractivity contribution in [1.82, 2.24) is 14.1 Å². The molecule has 0 radical (unpaired) electrons. The largest absolute Gasteiger partial charge is 0.497 e. The molecule has 0 atom stereocenters. The average molecular weight is 457 g/mol. The minimum Gasteiger partial charge on any atom is -0.497 e. The van der Waals surface area contributed by atoms with Crippen molar-refractivity contribution in [2.24, 2.45) is 0 Å². The Balaban J connectivity index is 1.47. The van der Waals surface area contributed by atoms with Crippen molar-refractivity contribution in [3.05, 3.63) is 59.7 Å². The lowest BCUT2D eigenvalue weighted by Crippen LogP contribution is -2.51. The molecule has 170 valence electrons. The van der Waals surface area contributed by atoms with Gasteiger partial charge in [0.15, 0.2) is 0 Å². The van der Waals surface area contributed by atoms with E-state index in [2.05, 4.69) is 17.0 Å². The van der Waals surface area contributed by atoms with Crippen LogP contribution in [-0.4, -0.2) is 81.9 Å². The molecule has 8 nitrogen and oxygen atoms in total. The lowest BCUT2D eigenvalue weighted by molar-refractivity contribution is -0.132. The summed E-state index contributed by atoms with van der Waals surface area (Å²) < 4.78 is 31.7. The highest BCUT2D eigenvalue weighted by atomic mass is 32.2. The minimum atomic E-state index is -3.80. The third-order valence-corrected chi connectivity index (χ3v) is 7.47. The molecule has 9 heteroatoms. The summed E-state index contributed by atoms with van der Waals surface area (Å²) in [7, 11) is -0.748. The Hall–Kier alpha value is -2.93. The molecule has 0 unspecified atom stereocenters. The maximum absolute atomic E-state index is 12.7. The Bertz CT molecular complexity index is 1050. The molecule has 1 fully saturated rings. The molecular weight excluding hydrogens is 428 g/mol. The van der Waals surface area contributed by atoms with Crippen LogP contribution in [-0.2, 0) is 21.2 Å². The highest BCUT2D eigenvalue weighted by Crippen LogP contribution is 2.16. The SMILES string of the molecule is COc1ccc(CCN2CCN(C(=O)CN(C)S(=O)(=O)c3ccc(C#N)cc3)CC2)cc1. The monoisotopic (exact) mass is 456 g/mol. The van der Waals surface area contributed by atoms with Gasteiger partial charge in [0.1, 0.15) is 5.75 Å². The summed E-state index contributed by atoms with van der Waals surface area (Å²) in [6.45, 7) is 3.36. The number of likely N-dealkylation sites (N-methyl/N-ethyl adjacent to an activating group) is 1.